The summed E-state index contributed by atoms with van der Waals surface area (Å²) in [6, 6.07) is 10.0. The molecule has 0 amide bonds. The largest absolute Gasteiger partial charge is 0.384 e. The zero-order valence-corrected chi connectivity index (χ0v) is 12.5. The Morgan fingerprint density at radius 1 is 1.21 bits per heavy atom. The Kier molecular flexibility index (Phi) is 4.32. The zero-order chi connectivity index (χ0) is 13.9. The van der Waals surface area contributed by atoms with Crippen LogP contribution in [-0.2, 0) is 5.60 Å². The molecule has 0 bridgehead atoms. The van der Waals surface area contributed by atoms with E-state index in [0.29, 0.717) is 5.41 Å². The second-order valence-electron chi connectivity index (χ2n) is 6.31. The molecular formula is C17H27NO. The molecular weight excluding hydrogens is 234 g/mol. The maximum atomic E-state index is 10.7. The summed E-state index contributed by atoms with van der Waals surface area (Å²) in [5.74, 6) is 0. The molecule has 19 heavy (non-hydrogen) atoms. The molecule has 106 valence electrons. The standard InChI is InChI=1S/C17H27NO/c1-4-17(5-2)11-12-18(14-17)13-16(3,19)15-9-7-6-8-10-15/h6-10,19H,4-5,11-14H2,1-3H3. The van der Waals surface area contributed by atoms with Crippen molar-refractivity contribution in [3.8, 4) is 0 Å². The van der Waals surface area contributed by atoms with Crippen molar-refractivity contribution in [2.24, 2.45) is 5.41 Å². The van der Waals surface area contributed by atoms with Gasteiger partial charge >= 0.3 is 0 Å². The van der Waals surface area contributed by atoms with Crippen LogP contribution < -0.4 is 0 Å². The molecule has 2 nitrogen and oxygen atoms in total. The lowest BCUT2D eigenvalue weighted by Gasteiger charge is -2.31. The van der Waals surface area contributed by atoms with Crippen LogP contribution in [0.1, 0.15) is 45.6 Å². The molecule has 0 radical (unpaired) electrons. The highest BCUT2D eigenvalue weighted by molar-refractivity contribution is 5.22. The Hall–Kier alpha value is -0.860. The summed E-state index contributed by atoms with van der Waals surface area (Å²) in [5.41, 5.74) is 0.742. The maximum Gasteiger partial charge on any atom is 0.0994 e. The van der Waals surface area contributed by atoms with E-state index < -0.39 is 5.60 Å². The summed E-state index contributed by atoms with van der Waals surface area (Å²) in [6.45, 7) is 9.50. The van der Waals surface area contributed by atoms with Crippen molar-refractivity contribution in [3.63, 3.8) is 0 Å². The first-order chi connectivity index (χ1) is 9.01. The minimum atomic E-state index is -0.751. The molecule has 1 aliphatic heterocycles. The average Bonchev–Trinajstić information content (AvgIpc) is 2.83. The van der Waals surface area contributed by atoms with Crippen LogP contribution in [0.25, 0.3) is 0 Å². The summed E-state index contributed by atoms with van der Waals surface area (Å²) in [7, 11) is 0. The summed E-state index contributed by atoms with van der Waals surface area (Å²) in [6.07, 6.45) is 3.76. The molecule has 2 heteroatoms. The number of rotatable bonds is 5. The number of nitrogens with zero attached hydrogens (tertiary/aromatic N) is 1. The first kappa shape index (κ1) is 14.5. The highest BCUT2D eigenvalue weighted by atomic mass is 16.3. The summed E-state index contributed by atoms with van der Waals surface area (Å²) in [4.78, 5) is 2.43. The normalized spacial score (nSPS) is 22.3. The van der Waals surface area contributed by atoms with Crippen LogP contribution in [-0.4, -0.2) is 29.6 Å². The monoisotopic (exact) mass is 261 g/mol. The Labute approximate surface area is 117 Å². The second-order valence-corrected chi connectivity index (χ2v) is 6.31. The zero-order valence-electron chi connectivity index (χ0n) is 12.5. The fourth-order valence-electron chi connectivity index (χ4n) is 3.31. The van der Waals surface area contributed by atoms with E-state index in [0.717, 1.165) is 25.2 Å². The predicted molar refractivity (Wildman–Crippen MR) is 80.1 cm³/mol. The lowest BCUT2D eigenvalue weighted by molar-refractivity contribution is 0.0192. The van der Waals surface area contributed by atoms with Crippen molar-refractivity contribution in [2.45, 2.75) is 45.6 Å². The molecule has 1 aromatic carbocycles. The number of benzene rings is 1. The summed E-state index contributed by atoms with van der Waals surface area (Å²) >= 11 is 0. The summed E-state index contributed by atoms with van der Waals surface area (Å²) < 4.78 is 0. The first-order valence-electron chi connectivity index (χ1n) is 7.51. The SMILES string of the molecule is CCC1(CC)CCN(CC(C)(O)c2ccccc2)C1. The fraction of sp³-hybridized carbons (Fsp3) is 0.647. The number of β-amino-alcohol motifs (C(OH)–C–C–N with tert-alkyl or cyclic N) is 1. The van der Waals surface area contributed by atoms with Crippen LogP contribution in [0, 0.1) is 5.41 Å². The smallest absolute Gasteiger partial charge is 0.0994 e. The van der Waals surface area contributed by atoms with Crippen molar-refractivity contribution in [1.82, 2.24) is 4.90 Å². The highest BCUT2D eigenvalue weighted by Crippen LogP contribution is 2.38. The van der Waals surface area contributed by atoms with Crippen molar-refractivity contribution in [3.05, 3.63) is 35.9 Å². The van der Waals surface area contributed by atoms with Crippen LogP contribution >= 0.6 is 0 Å². The van der Waals surface area contributed by atoms with Gasteiger partial charge in [-0.2, -0.15) is 0 Å². The van der Waals surface area contributed by atoms with E-state index in [4.69, 9.17) is 0 Å². The van der Waals surface area contributed by atoms with E-state index in [-0.39, 0.29) is 0 Å². The van der Waals surface area contributed by atoms with E-state index in [1.54, 1.807) is 0 Å². The number of hydrogen-bond donors (Lipinski definition) is 1. The first-order valence-corrected chi connectivity index (χ1v) is 7.51. The second kappa shape index (κ2) is 5.64. The van der Waals surface area contributed by atoms with Gasteiger partial charge in [0.2, 0.25) is 0 Å². The van der Waals surface area contributed by atoms with Crippen LogP contribution in [0.5, 0.6) is 0 Å². The van der Waals surface area contributed by atoms with Gasteiger partial charge < -0.3 is 5.11 Å². The minimum Gasteiger partial charge on any atom is -0.384 e. The van der Waals surface area contributed by atoms with Gasteiger partial charge in [0.25, 0.3) is 0 Å². The van der Waals surface area contributed by atoms with Gasteiger partial charge in [0.1, 0.15) is 0 Å². The number of likely N-dealkylation sites (tertiary alicyclic amines) is 1. The van der Waals surface area contributed by atoms with Crippen LogP contribution in [0.2, 0.25) is 0 Å². The summed E-state index contributed by atoms with van der Waals surface area (Å²) in [5, 5.41) is 10.7. The molecule has 0 aromatic heterocycles. The third-order valence-electron chi connectivity index (χ3n) is 4.94. The van der Waals surface area contributed by atoms with Gasteiger partial charge in [0.15, 0.2) is 0 Å². The number of aliphatic hydroxyl groups is 1. The van der Waals surface area contributed by atoms with Gasteiger partial charge in [-0.1, -0.05) is 44.2 Å². The highest BCUT2D eigenvalue weighted by Gasteiger charge is 2.37. The Morgan fingerprint density at radius 2 is 1.84 bits per heavy atom. The third kappa shape index (κ3) is 3.18. The lowest BCUT2D eigenvalue weighted by Crippen LogP contribution is -2.38. The van der Waals surface area contributed by atoms with Crippen LogP contribution in [0.4, 0.5) is 0 Å². The van der Waals surface area contributed by atoms with E-state index in [2.05, 4.69) is 18.7 Å². The van der Waals surface area contributed by atoms with E-state index in [1.165, 1.54) is 19.3 Å². The Balaban J connectivity index is 2.02. The minimum absolute atomic E-state index is 0.479. The Bertz CT molecular complexity index is 395. The predicted octanol–water partition coefficient (Wildman–Crippen LogP) is 3.41. The Morgan fingerprint density at radius 3 is 2.37 bits per heavy atom. The topological polar surface area (TPSA) is 23.5 Å². The van der Waals surface area contributed by atoms with Crippen molar-refractivity contribution >= 4 is 0 Å². The molecule has 1 aliphatic rings. The van der Waals surface area contributed by atoms with E-state index in [9.17, 15) is 5.11 Å². The molecule has 1 N–H and O–H groups in total. The quantitative estimate of drug-likeness (QED) is 0.878. The van der Waals surface area contributed by atoms with Crippen molar-refractivity contribution in [2.75, 3.05) is 19.6 Å². The molecule has 1 unspecified atom stereocenters. The van der Waals surface area contributed by atoms with Crippen molar-refractivity contribution < 1.29 is 5.11 Å². The lowest BCUT2D eigenvalue weighted by atomic mass is 9.82. The molecule has 1 fully saturated rings. The molecule has 0 aliphatic carbocycles. The van der Waals surface area contributed by atoms with Gasteiger partial charge in [-0.25, -0.2) is 0 Å². The van der Waals surface area contributed by atoms with Gasteiger partial charge in [-0.15, -0.1) is 0 Å². The van der Waals surface area contributed by atoms with Crippen LogP contribution in [0.3, 0.4) is 0 Å². The molecule has 0 spiro atoms. The average molecular weight is 261 g/mol. The van der Waals surface area contributed by atoms with Crippen LogP contribution in [0.15, 0.2) is 30.3 Å². The molecule has 2 rings (SSSR count). The maximum absolute atomic E-state index is 10.7. The molecule has 1 heterocycles. The van der Waals surface area contributed by atoms with E-state index >= 15 is 0 Å². The van der Waals surface area contributed by atoms with Gasteiger partial charge in [-0.3, -0.25) is 4.90 Å². The molecule has 1 saturated heterocycles. The number of hydrogen-bond acceptors (Lipinski definition) is 2. The van der Waals surface area contributed by atoms with Gasteiger partial charge in [0.05, 0.1) is 5.60 Å². The third-order valence-corrected chi connectivity index (χ3v) is 4.94. The van der Waals surface area contributed by atoms with Gasteiger partial charge in [-0.05, 0) is 43.7 Å². The van der Waals surface area contributed by atoms with E-state index in [1.807, 2.05) is 37.3 Å². The molecule has 1 atom stereocenters. The van der Waals surface area contributed by atoms with Crippen molar-refractivity contribution in [1.29, 1.82) is 0 Å². The fourth-order valence-corrected chi connectivity index (χ4v) is 3.31. The van der Waals surface area contributed by atoms with Gasteiger partial charge in [0, 0.05) is 13.1 Å². The molecule has 0 saturated carbocycles. The molecule has 1 aromatic rings.